The number of para-hydroxylation sites is 2. The average Bonchev–Trinajstić information content (AvgIpc) is 2.54. The van der Waals surface area contributed by atoms with E-state index in [1.54, 1.807) is 18.5 Å². The van der Waals surface area contributed by atoms with Crippen molar-refractivity contribution >= 4 is 0 Å². The zero-order valence-electron chi connectivity index (χ0n) is 11.7. The maximum Gasteiger partial charge on any atom is 0.163 e. The molecule has 1 aromatic heterocycles. The second kappa shape index (κ2) is 6.01. The monoisotopic (exact) mass is 287 g/mol. The third kappa shape index (κ3) is 2.92. The molecule has 0 saturated heterocycles. The Kier molecular flexibility index (Phi) is 3.92. The molecule has 0 radical (unpaired) electrons. The lowest BCUT2D eigenvalue weighted by atomic mass is 10.1. The minimum atomic E-state index is -0.828. The van der Waals surface area contributed by atoms with Gasteiger partial charge in [0.05, 0.1) is 12.8 Å². The molecule has 0 amide bonds. The van der Waals surface area contributed by atoms with Crippen LogP contribution in [0.4, 0.5) is 0 Å². The van der Waals surface area contributed by atoms with Crippen LogP contribution in [0.15, 0.2) is 42.7 Å². The topological polar surface area (TPSA) is 60.8 Å². The van der Waals surface area contributed by atoms with E-state index in [-0.39, 0.29) is 6.61 Å². The summed E-state index contributed by atoms with van der Waals surface area (Å²) in [7, 11) is 0. The van der Waals surface area contributed by atoms with Gasteiger partial charge in [0.2, 0.25) is 0 Å². The number of nitrogens with zero attached hydrogens (tertiary/aromatic N) is 1. The summed E-state index contributed by atoms with van der Waals surface area (Å²) in [5.41, 5.74) is 0.647. The van der Waals surface area contributed by atoms with Crippen LogP contribution in [0.3, 0.4) is 0 Å². The molecule has 2 heterocycles. The van der Waals surface area contributed by atoms with Crippen LogP contribution in [0, 0.1) is 0 Å². The standard InChI is InChI=1S/C16H17NO4/c1-2-19-12-7-11(8-17-9-12)16(18)15-10-20-13-5-3-4-6-14(13)21-15/h3-9,15-16,18H,2,10H2,1H3. The molecule has 5 heteroatoms. The van der Waals surface area contributed by atoms with Crippen LogP contribution in [0.1, 0.15) is 18.6 Å². The fourth-order valence-corrected chi connectivity index (χ4v) is 2.25. The fourth-order valence-electron chi connectivity index (χ4n) is 2.25. The molecule has 2 atom stereocenters. The predicted molar refractivity (Wildman–Crippen MR) is 76.7 cm³/mol. The number of fused-ring (bicyclic) bond motifs is 1. The number of aliphatic hydroxyl groups is 1. The van der Waals surface area contributed by atoms with Crippen molar-refractivity contribution in [1.82, 2.24) is 4.98 Å². The van der Waals surface area contributed by atoms with Gasteiger partial charge in [-0.25, -0.2) is 0 Å². The zero-order valence-corrected chi connectivity index (χ0v) is 11.7. The van der Waals surface area contributed by atoms with Gasteiger partial charge in [0.15, 0.2) is 17.6 Å². The third-order valence-electron chi connectivity index (χ3n) is 3.27. The maximum absolute atomic E-state index is 10.5. The van der Waals surface area contributed by atoms with E-state index in [0.717, 1.165) is 0 Å². The number of hydrogen-bond acceptors (Lipinski definition) is 5. The van der Waals surface area contributed by atoms with Gasteiger partial charge in [-0.2, -0.15) is 0 Å². The van der Waals surface area contributed by atoms with E-state index in [2.05, 4.69) is 4.98 Å². The van der Waals surface area contributed by atoms with Crippen LogP contribution in [-0.2, 0) is 0 Å². The Morgan fingerprint density at radius 1 is 1.33 bits per heavy atom. The molecule has 0 bridgehead atoms. The molecular weight excluding hydrogens is 270 g/mol. The lowest BCUT2D eigenvalue weighted by Gasteiger charge is -2.29. The molecule has 1 N–H and O–H groups in total. The zero-order chi connectivity index (χ0) is 14.7. The van der Waals surface area contributed by atoms with E-state index in [1.807, 2.05) is 31.2 Å². The number of ether oxygens (including phenoxy) is 3. The van der Waals surface area contributed by atoms with Crippen molar-refractivity contribution in [3.8, 4) is 17.2 Å². The number of rotatable bonds is 4. The van der Waals surface area contributed by atoms with Crippen molar-refractivity contribution in [2.24, 2.45) is 0 Å². The second-order valence-electron chi connectivity index (χ2n) is 4.75. The van der Waals surface area contributed by atoms with E-state index in [9.17, 15) is 5.11 Å². The summed E-state index contributed by atoms with van der Waals surface area (Å²) in [6, 6.07) is 9.19. The Morgan fingerprint density at radius 3 is 2.95 bits per heavy atom. The highest BCUT2D eigenvalue weighted by Gasteiger charge is 2.29. The molecule has 2 aromatic rings. The predicted octanol–water partition coefficient (Wildman–Crippen LogP) is 2.35. The summed E-state index contributed by atoms with van der Waals surface area (Å²) in [6.07, 6.45) is 1.93. The van der Waals surface area contributed by atoms with Crippen molar-refractivity contribution in [1.29, 1.82) is 0 Å². The fraction of sp³-hybridized carbons (Fsp3) is 0.312. The van der Waals surface area contributed by atoms with Gasteiger partial charge in [-0.05, 0) is 25.1 Å². The molecule has 2 unspecified atom stereocenters. The molecule has 0 fully saturated rings. The molecule has 21 heavy (non-hydrogen) atoms. The van der Waals surface area contributed by atoms with Gasteiger partial charge in [-0.1, -0.05) is 12.1 Å². The normalized spacial score (nSPS) is 18.1. The minimum Gasteiger partial charge on any atom is -0.492 e. The maximum atomic E-state index is 10.5. The second-order valence-corrected chi connectivity index (χ2v) is 4.75. The van der Waals surface area contributed by atoms with Crippen molar-refractivity contribution < 1.29 is 19.3 Å². The molecule has 0 spiro atoms. The Hall–Kier alpha value is -2.27. The highest BCUT2D eigenvalue weighted by molar-refractivity contribution is 5.41. The number of aromatic nitrogens is 1. The molecule has 110 valence electrons. The molecule has 3 rings (SSSR count). The van der Waals surface area contributed by atoms with Gasteiger partial charge in [0, 0.05) is 11.8 Å². The van der Waals surface area contributed by atoms with Crippen molar-refractivity contribution in [3.05, 3.63) is 48.3 Å². The molecular formula is C16H17NO4. The number of pyridine rings is 1. The average molecular weight is 287 g/mol. The Bertz CT molecular complexity index is 617. The van der Waals surface area contributed by atoms with E-state index in [0.29, 0.717) is 29.4 Å². The first-order chi connectivity index (χ1) is 10.3. The van der Waals surface area contributed by atoms with E-state index < -0.39 is 12.2 Å². The van der Waals surface area contributed by atoms with Gasteiger partial charge in [0.1, 0.15) is 18.5 Å². The summed E-state index contributed by atoms with van der Waals surface area (Å²) in [4.78, 5) is 4.08. The van der Waals surface area contributed by atoms with Crippen LogP contribution in [0.5, 0.6) is 17.2 Å². The van der Waals surface area contributed by atoms with E-state index in [4.69, 9.17) is 14.2 Å². The summed E-state index contributed by atoms with van der Waals surface area (Å²) in [5, 5.41) is 10.5. The first kappa shape index (κ1) is 13.7. The van der Waals surface area contributed by atoms with Gasteiger partial charge in [0.25, 0.3) is 0 Å². The summed E-state index contributed by atoms with van der Waals surface area (Å²) < 4.78 is 16.8. The van der Waals surface area contributed by atoms with E-state index >= 15 is 0 Å². The van der Waals surface area contributed by atoms with Gasteiger partial charge in [-0.3, -0.25) is 4.98 Å². The third-order valence-corrected chi connectivity index (χ3v) is 3.27. The molecule has 0 aliphatic carbocycles. The van der Waals surface area contributed by atoms with Crippen LogP contribution >= 0.6 is 0 Å². The highest BCUT2D eigenvalue weighted by atomic mass is 16.6. The largest absolute Gasteiger partial charge is 0.492 e. The van der Waals surface area contributed by atoms with Crippen LogP contribution < -0.4 is 14.2 Å². The SMILES string of the molecule is CCOc1cncc(C(O)C2COc3ccccc3O2)c1. The first-order valence-electron chi connectivity index (χ1n) is 6.92. The van der Waals surface area contributed by atoms with Gasteiger partial charge in [-0.15, -0.1) is 0 Å². The summed E-state index contributed by atoms with van der Waals surface area (Å²) in [6.45, 7) is 2.74. The van der Waals surface area contributed by atoms with Crippen molar-refractivity contribution in [3.63, 3.8) is 0 Å². The summed E-state index contributed by atoms with van der Waals surface area (Å²) >= 11 is 0. The number of aliphatic hydroxyl groups excluding tert-OH is 1. The van der Waals surface area contributed by atoms with Gasteiger partial charge < -0.3 is 19.3 Å². The Balaban J connectivity index is 1.77. The number of hydrogen-bond donors (Lipinski definition) is 1. The number of benzene rings is 1. The van der Waals surface area contributed by atoms with Crippen LogP contribution in [0.2, 0.25) is 0 Å². The molecule has 1 aliphatic rings. The lowest BCUT2D eigenvalue weighted by Crippen LogP contribution is -2.34. The molecule has 0 saturated carbocycles. The lowest BCUT2D eigenvalue weighted by molar-refractivity contribution is -0.0115. The highest BCUT2D eigenvalue weighted by Crippen LogP contribution is 2.34. The van der Waals surface area contributed by atoms with Crippen molar-refractivity contribution in [2.75, 3.05) is 13.2 Å². The molecule has 5 nitrogen and oxygen atoms in total. The quantitative estimate of drug-likeness (QED) is 0.935. The smallest absolute Gasteiger partial charge is 0.163 e. The molecule has 1 aliphatic heterocycles. The van der Waals surface area contributed by atoms with Crippen LogP contribution in [-0.4, -0.2) is 29.4 Å². The Morgan fingerprint density at radius 2 is 2.14 bits per heavy atom. The van der Waals surface area contributed by atoms with Crippen molar-refractivity contribution in [2.45, 2.75) is 19.1 Å². The minimum absolute atomic E-state index is 0.289. The van der Waals surface area contributed by atoms with E-state index in [1.165, 1.54) is 0 Å². The molecule has 1 aromatic carbocycles. The van der Waals surface area contributed by atoms with Gasteiger partial charge >= 0.3 is 0 Å². The first-order valence-corrected chi connectivity index (χ1v) is 6.92. The van der Waals surface area contributed by atoms with Crippen LogP contribution in [0.25, 0.3) is 0 Å². The summed E-state index contributed by atoms with van der Waals surface area (Å²) in [5.74, 6) is 1.97. The Labute approximate surface area is 123 Å².